The summed E-state index contributed by atoms with van der Waals surface area (Å²) in [5, 5.41) is 0. The van der Waals surface area contributed by atoms with Crippen LogP contribution in [0.2, 0.25) is 0 Å². The minimum absolute atomic E-state index is 0.957. The quantitative estimate of drug-likeness (QED) is 0.513. The Morgan fingerprint density at radius 3 is 1.42 bits per heavy atom. The van der Waals surface area contributed by atoms with Crippen molar-refractivity contribution in [3.05, 3.63) is 0 Å². The maximum atomic E-state index is 11.1. The summed E-state index contributed by atoms with van der Waals surface area (Å²) < 4.78 is 20.7. The zero-order chi connectivity index (χ0) is 9.99. The predicted octanol–water partition coefficient (Wildman–Crippen LogP) is 0.799. The largest absolute Gasteiger partial charge is 0.322 e. The van der Waals surface area contributed by atoms with Crippen LogP contribution in [-0.4, -0.2) is 11.4 Å². The lowest BCUT2D eigenvalue weighted by atomic mass is 10.4. The minimum Gasteiger partial charge on any atom is -0.304 e. The molecule has 0 spiro atoms. The summed E-state index contributed by atoms with van der Waals surface area (Å²) in [6.07, 6.45) is 0. The third-order valence-corrected chi connectivity index (χ3v) is 2.08. The van der Waals surface area contributed by atoms with Crippen LogP contribution in [0.3, 0.4) is 0 Å². The number of hydrogen-bond acceptors (Lipinski definition) is 5. The molecule has 4 N–H and O–H groups in total. The van der Waals surface area contributed by atoms with Gasteiger partial charge in [-0.05, 0) is 27.7 Å². The molecule has 0 radical (unpaired) electrons. The minimum atomic E-state index is -2.60. The van der Waals surface area contributed by atoms with Crippen LogP contribution in [-0.2, 0) is 13.6 Å². The fraction of sp³-hybridized carbons (Fsp3) is 1.00. The molecule has 0 heterocycles. The topological polar surface area (TPSA) is 87.6 Å². The molecule has 0 aromatic rings. The van der Waals surface area contributed by atoms with E-state index in [0.29, 0.717) is 0 Å². The summed E-state index contributed by atoms with van der Waals surface area (Å²) in [4.78, 5) is 0. The Balaban J connectivity index is 3.92. The van der Waals surface area contributed by atoms with Crippen molar-refractivity contribution >= 4 is 8.25 Å². The molecule has 0 atom stereocenters. The van der Waals surface area contributed by atoms with Gasteiger partial charge >= 0.3 is 8.25 Å². The van der Waals surface area contributed by atoms with Crippen LogP contribution in [0, 0.1) is 0 Å². The van der Waals surface area contributed by atoms with Gasteiger partial charge in [-0.1, -0.05) is 0 Å². The summed E-state index contributed by atoms with van der Waals surface area (Å²) in [5.74, 6) is 0. The van der Waals surface area contributed by atoms with Crippen molar-refractivity contribution < 1.29 is 13.6 Å². The van der Waals surface area contributed by atoms with Crippen LogP contribution in [0.5, 0.6) is 0 Å². The Bertz CT molecular complexity index is 153. The van der Waals surface area contributed by atoms with E-state index in [2.05, 4.69) is 0 Å². The summed E-state index contributed by atoms with van der Waals surface area (Å²) in [6, 6.07) is 0. The summed E-state index contributed by atoms with van der Waals surface area (Å²) >= 11 is 0. The lowest BCUT2D eigenvalue weighted by Crippen LogP contribution is -2.36. The maximum Gasteiger partial charge on any atom is 0.322 e. The van der Waals surface area contributed by atoms with Crippen molar-refractivity contribution in [3.63, 3.8) is 0 Å². The molecule has 0 saturated carbocycles. The molecule has 0 aromatic heterocycles. The van der Waals surface area contributed by atoms with Crippen LogP contribution < -0.4 is 11.5 Å². The monoisotopic (exact) mass is 196 g/mol. The van der Waals surface area contributed by atoms with Crippen molar-refractivity contribution in [1.29, 1.82) is 0 Å². The average molecular weight is 196 g/mol. The summed E-state index contributed by atoms with van der Waals surface area (Å²) in [6.45, 7) is 6.34. The van der Waals surface area contributed by atoms with Gasteiger partial charge in [0.15, 0.2) is 0 Å². The molecule has 6 heteroatoms. The highest BCUT2D eigenvalue weighted by Gasteiger charge is 2.20. The van der Waals surface area contributed by atoms with E-state index in [0.717, 1.165) is 0 Å². The van der Waals surface area contributed by atoms with Crippen molar-refractivity contribution in [2.75, 3.05) is 0 Å². The Morgan fingerprint density at radius 2 is 1.25 bits per heavy atom. The third-order valence-electron chi connectivity index (χ3n) is 0.693. The highest BCUT2D eigenvalue weighted by Crippen LogP contribution is 2.32. The van der Waals surface area contributed by atoms with E-state index >= 15 is 0 Å². The van der Waals surface area contributed by atoms with Crippen molar-refractivity contribution in [3.8, 4) is 0 Å². The highest BCUT2D eigenvalue weighted by molar-refractivity contribution is 7.33. The first-order valence-corrected chi connectivity index (χ1v) is 4.82. The van der Waals surface area contributed by atoms with Gasteiger partial charge < -0.3 is 11.5 Å². The van der Waals surface area contributed by atoms with E-state index in [1.165, 1.54) is 0 Å². The van der Waals surface area contributed by atoms with E-state index in [4.69, 9.17) is 20.5 Å². The molecule has 0 amide bonds. The zero-order valence-corrected chi connectivity index (χ0v) is 8.88. The maximum absolute atomic E-state index is 11.1. The molecule has 74 valence electrons. The Kier molecular flexibility index (Phi) is 3.87. The lowest BCUT2D eigenvalue weighted by Gasteiger charge is -2.23. The number of rotatable bonds is 4. The van der Waals surface area contributed by atoms with Gasteiger partial charge in [0, 0.05) is 0 Å². The van der Waals surface area contributed by atoms with Gasteiger partial charge in [-0.2, -0.15) is 0 Å². The highest BCUT2D eigenvalue weighted by atomic mass is 31.1. The molecule has 0 fully saturated rings. The Morgan fingerprint density at radius 1 is 1.00 bits per heavy atom. The molecule has 12 heavy (non-hydrogen) atoms. The molecular weight excluding hydrogens is 179 g/mol. The fourth-order valence-corrected chi connectivity index (χ4v) is 1.35. The first-order chi connectivity index (χ1) is 5.10. The van der Waals surface area contributed by atoms with Gasteiger partial charge in [-0.15, -0.1) is 0 Å². The molecule has 0 rings (SSSR count). The molecule has 0 aliphatic heterocycles. The predicted molar refractivity (Wildman–Crippen MR) is 47.7 cm³/mol. The second kappa shape index (κ2) is 3.85. The van der Waals surface area contributed by atoms with Gasteiger partial charge in [0.1, 0.15) is 11.4 Å². The third kappa shape index (κ3) is 8.17. The molecule has 0 aromatic carbocycles. The SMILES string of the molecule is CC(C)(N)O[PH](=O)OC(C)(C)N. The van der Waals surface area contributed by atoms with E-state index in [1.807, 2.05) is 0 Å². The number of hydrogen-bond donors (Lipinski definition) is 2. The Hall–Kier alpha value is 0.0700. The fourth-order valence-electron chi connectivity index (χ4n) is 0.450. The van der Waals surface area contributed by atoms with Gasteiger partial charge in [-0.3, -0.25) is 13.6 Å². The van der Waals surface area contributed by atoms with E-state index < -0.39 is 19.7 Å². The number of nitrogens with two attached hydrogens (primary N) is 2. The van der Waals surface area contributed by atoms with Crippen LogP contribution in [0.4, 0.5) is 0 Å². The van der Waals surface area contributed by atoms with Crippen LogP contribution in [0.1, 0.15) is 27.7 Å². The van der Waals surface area contributed by atoms with Crippen molar-refractivity contribution in [2.45, 2.75) is 39.1 Å². The smallest absolute Gasteiger partial charge is 0.304 e. The van der Waals surface area contributed by atoms with E-state index in [-0.39, 0.29) is 0 Å². The molecule has 0 saturated heterocycles. The zero-order valence-electron chi connectivity index (χ0n) is 7.88. The first kappa shape index (κ1) is 12.1. The summed E-state index contributed by atoms with van der Waals surface area (Å²) in [7, 11) is -2.60. The van der Waals surface area contributed by atoms with E-state index in [1.54, 1.807) is 27.7 Å². The van der Waals surface area contributed by atoms with Crippen LogP contribution in [0.25, 0.3) is 0 Å². The normalized spacial score (nSPS) is 13.9. The van der Waals surface area contributed by atoms with Crippen molar-refractivity contribution in [2.24, 2.45) is 11.5 Å². The van der Waals surface area contributed by atoms with Gasteiger partial charge in [-0.25, -0.2) is 0 Å². The molecule has 0 aliphatic rings. The lowest BCUT2D eigenvalue weighted by molar-refractivity contribution is 0.0518. The molecule has 0 bridgehead atoms. The van der Waals surface area contributed by atoms with E-state index in [9.17, 15) is 4.57 Å². The van der Waals surface area contributed by atoms with Crippen molar-refractivity contribution in [1.82, 2.24) is 0 Å². The Labute approximate surface area is 73.3 Å². The summed E-state index contributed by atoms with van der Waals surface area (Å²) in [5.41, 5.74) is 8.96. The second-order valence-corrected chi connectivity index (χ2v) is 4.57. The standard InChI is InChI=1S/C6H17N2O3P/c1-5(2,7)10-12(9)11-6(3,4)8/h12H,7-8H2,1-4H3. The molecule has 0 aliphatic carbocycles. The van der Waals surface area contributed by atoms with Gasteiger partial charge in [0.05, 0.1) is 0 Å². The molecular formula is C6H17N2O3P. The molecule has 5 nitrogen and oxygen atoms in total. The average Bonchev–Trinajstić information content (AvgIpc) is 1.49. The van der Waals surface area contributed by atoms with Crippen LogP contribution in [0.15, 0.2) is 0 Å². The van der Waals surface area contributed by atoms with Gasteiger partial charge in [0.25, 0.3) is 0 Å². The first-order valence-electron chi connectivity index (χ1n) is 3.60. The molecule has 0 unspecified atom stereocenters. The second-order valence-electron chi connectivity index (χ2n) is 3.66. The van der Waals surface area contributed by atoms with Gasteiger partial charge in [0.2, 0.25) is 0 Å². The van der Waals surface area contributed by atoms with Crippen LogP contribution >= 0.6 is 8.25 Å².